The smallest absolute Gasteiger partial charge is 0.417 e. The first kappa shape index (κ1) is 30.0. The topological polar surface area (TPSA) is 18.5 Å². The van der Waals surface area contributed by atoms with E-state index in [0.29, 0.717) is 23.7 Å². The monoisotopic (exact) mass is 556 g/mol. The molecule has 0 bridgehead atoms. The van der Waals surface area contributed by atoms with Gasteiger partial charge in [-0.2, -0.15) is 13.2 Å². The highest BCUT2D eigenvalue weighted by Gasteiger charge is 2.41. The van der Waals surface area contributed by atoms with Crippen molar-refractivity contribution < 1.29 is 27.0 Å². The van der Waals surface area contributed by atoms with Crippen molar-refractivity contribution in [3.05, 3.63) is 89.0 Å². The largest absolute Gasteiger partial charge is 0.494 e. The van der Waals surface area contributed by atoms with Crippen LogP contribution in [0.2, 0.25) is 0 Å². The zero-order valence-electron chi connectivity index (χ0n) is 23.8. The number of unbranched alkanes of at least 4 members (excludes halogenated alkanes) is 1. The number of ether oxygens (including phenoxy) is 2. The first-order valence-electron chi connectivity index (χ1n) is 14.3. The van der Waals surface area contributed by atoms with Gasteiger partial charge >= 0.3 is 6.18 Å². The van der Waals surface area contributed by atoms with E-state index in [9.17, 15) is 17.6 Å². The minimum absolute atomic E-state index is 0.0266. The molecule has 0 radical (unpaired) electrons. The van der Waals surface area contributed by atoms with Crippen molar-refractivity contribution in [2.45, 2.75) is 84.9 Å². The maximum Gasteiger partial charge on any atom is 0.417 e. The van der Waals surface area contributed by atoms with Crippen molar-refractivity contribution in [3.8, 4) is 16.9 Å². The van der Waals surface area contributed by atoms with Crippen LogP contribution in [-0.4, -0.2) is 6.61 Å². The molecule has 2 aromatic carbocycles. The van der Waals surface area contributed by atoms with E-state index in [1.807, 2.05) is 13.0 Å². The average molecular weight is 557 g/mol. The normalized spacial score (nSPS) is 20.2. The van der Waals surface area contributed by atoms with Gasteiger partial charge in [-0.15, -0.1) is 0 Å². The van der Waals surface area contributed by atoms with E-state index in [1.165, 1.54) is 49.1 Å². The molecule has 2 aliphatic carbocycles. The lowest BCUT2D eigenvalue weighted by atomic mass is 9.96. The minimum atomic E-state index is -4.60. The van der Waals surface area contributed by atoms with Crippen molar-refractivity contribution in [3.63, 3.8) is 0 Å². The number of hydrogen-bond acceptors (Lipinski definition) is 2. The van der Waals surface area contributed by atoms with E-state index in [2.05, 4.69) is 26.5 Å². The van der Waals surface area contributed by atoms with Crippen molar-refractivity contribution >= 4 is 0 Å². The maximum absolute atomic E-state index is 14.6. The van der Waals surface area contributed by atoms with Crippen LogP contribution in [-0.2, 0) is 17.5 Å². The molecule has 0 saturated heterocycles. The van der Waals surface area contributed by atoms with Gasteiger partial charge in [-0.1, -0.05) is 51.5 Å². The Bertz CT molecular complexity index is 1270. The molecule has 2 saturated carbocycles. The Balaban J connectivity index is 1.47. The third-order valence-electron chi connectivity index (χ3n) is 8.22. The van der Waals surface area contributed by atoms with Gasteiger partial charge in [-0.3, -0.25) is 0 Å². The molecule has 6 heteroatoms. The van der Waals surface area contributed by atoms with Crippen LogP contribution in [0.5, 0.6) is 5.75 Å². The molecule has 216 valence electrons. The third kappa shape index (κ3) is 7.58. The molecule has 2 fully saturated rings. The molecule has 0 N–H and O–H groups in total. The van der Waals surface area contributed by atoms with Crippen LogP contribution in [0.15, 0.2) is 72.0 Å². The molecule has 0 spiro atoms. The Hall–Kier alpha value is -3.02. The summed E-state index contributed by atoms with van der Waals surface area (Å²) in [6, 6.07) is 7.98. The van der Waals surface area contributed by atoms with E-state index < -0.39 is 17.6 Å². The fourth-order valence-corrected chi connectivity index (χ4v) is 5.64. The van der Waals surface area contributed by atoms with E-state index in [0.717, 1.165) is 43.7 Å². The second-order valence-electron chi connectivity index (χ2n) is 11.5. The quantitative estimate of drug-likeness (QED) is 0.191. The van der Waals surface area contributed by atoms with Crippen LogP contribution < -0.4 is 4.74 Å². The average Bonchev–Trinajstić information content (AvgIpc) is 3.59. The lowest BCUT2D eigenvalue weighted by Gasteiger charge is -2.18. The SMILES string of the molecule is C=C(/C=C1/C[C@H](C)C/C1=C/C)OCc1cc(-c2ccc(OCCC3(CCCC)CC3)cc2C(F)(F)F)ccc1F. The van der Waals surface area contributed by atoms with Gasteiger partial charge in [0.25, 0.3) is 0 Å². The fourth-order valence-electron chi connectivity index (χ4n) is 5.64. The lowest BCUT2D eigenvalue weighted by Crippen LogP contribution is -2.10. The molecule has 0 aromatic heterocycles. The first-order chi connectivity index (χ1) is 19.0. The predicted octanol–water partition coefficient (Wildman–Crippen LogP) is 10.6. The molecule has 40 heavy (non-hydrogen) atoms. The number of benzene rings is 2. The van der Waals surface area contributed by atoms with Gasteiger partial charge in [-0.05, 0) is 109 Å². The Labute approximate surface area is 235 Å². The highest BCUT2D eigenvalue weighted by atomic mass is 19.4. The van der Waals surface area contributed by atoms with Gasteiger partial charge in [-0.25, -0.2) is 4.39 Å². The summed E-state index contributed by atoms with van der Waals surface area (Å²) in [5.41, 5.74) is 2.31. The van der Waals surface area contributed by atoms with Crippen LogP contribution in [0.25, 0.3) is 11.1 Å². The van der Waals surface area contributed by atoms with E-state index in [1.54, 1.807) is 6.07 Å². The number of halogens is 4. The van der Waals surface area contributed by atoms with Crippen LogP contribution in [0, 0.1) is 17.2 Å². The van der Waals surface area contributed by atoms with Gasteiger partial charge in [0, 0.05) is 5.56 Å². The summed E-state index contributed by atoms with van der Waals surface area (Å²) in [5, 5.41) is 0. The van der Waals surface area contributed by atoms with Gasteiger partial charge in [0.05, 0.1) is 12.2 Å². The summed E-state index contributed by atoms with van der Waals surface area (Å²) in [6.07, 6.45) is 7.92. The molecule has 2 aliphatic rings. The molecule has 0 amide bonds. The Morgan fingerprint density at radius 2 is 1.82 bits per heavy atom. The van der Waals surface area contributed by atoms with E-state index in [-0.39, 0.29) is 29.0 Å². The summed E-state index contributed by atoms with van der Waals surface area (Å²) in [4.78, 5) is 0. The summed E-state index contributed by atoms with van der Waals surface area (Å²) in [5.74, 6) is 0.588. The summed E-state index contributed by atoms with van der Waals surface area (Å²) < 4.78 is 68.5. The molecule has 1 atom stereocenters. The number of allylic oxidation sites excluding steroid dienone is 4. The predicted molar refractivity (Wildman–Crippen MR) is 152 cm³/mol. The second kappa shape index (κ2) is 12.7. The van der Waals surface area contributed by atoms with Gasteiger partial charge < -0.3 is 9.47 Å². The molecular formula is C34H40F4O2. The summed E-state index contributed by atoms with van der Waals surface area (Å²) in [6.45, 7) is 10.5. The van der Waals surface area contributed by atoms with Gasteiger partial charge in [0.15, 0.2) is 0 Å². The zero-order chi connectivity index (χ0) is 28.9. The van der Waals surface area contributed by atoms with Crippen molar-refractivity contribution in [1.29, 1.82) is 0 Å². The molecule has 2 nitrogen and oxygen atoms in total. The van der Waals surface area contributed by atoms with E-state index in [4.69, 9.17) is 9.47 Å². The molecule has 2 aromatic rings. The van der Waals surface area contributed by atoms with Crippen molar-refractivity contribution in [2.24, 2.45) is 11.3 Å². The Kier molecular flexibility index (Phi) is 9.48. The number of hydrogen-bond donors (Lipinski definition) is 0. The minimum Gasteiger partial charge on any atom is -0.494 e. The highest BCUT2D eigenvalue weighted by Crippen LogP contribution is 2.52. The van der Waals surface area contributed by atoms with Gasteiger partial charge in [0.1, 0.15) is 23.9 Å². The highest BCUT2D eigenvalue weighted by molar-refractivity contribution is 5.70. The maximum atomic E-state index is 14.6. The van der Waals surface area contributed by atoms with Gasteiger partial charge in [0.2, 0.25) is 0 Å². The summed E-state index contributed by atoms with van der Waals surface area (Å²) >= 11 is 0. The second-order valence-corrected chi connectivity index (χ2v) is 11.5. The summed E-state index contributed by atoms with van der Waals surface area (Å²) in [7, 11) is 0. The standard InChI is InChI=1S/C34H40F4O2/c1-5-7-12-33(13-14-33)15-16-39-29-9-10-30(31(21-29)34(36,37)38)26-8-11-32(35)28(20-26)22-40-24(4)19-27-18-23(3)17-25(27)6-2/h6,8-11,19-21,23H,4-5,7,12-18,22H2,1-3H3/b25-6-,27-19-/t23-/m1/s1. The fraction of sp³-hybridized carbons (Fsp3) is 0.471. The van der Waals surface area contributed by atoms with Crippen LogP contribution in [0.4, 0.5) is 17.6 Å². The van der Waals surface area contributed by atoms with E-state index >= 15 is 0 Å². The first-order valence-corrected chi connectivity index (χ1v) is 14.3. The Morgan fingerprint density at radius 1 is 1.07 bits per heavy atom. The van der Waals surface area contributed by atoms with Crippen LogP contribution in [0.1, 0.15) is 83.3 Å². The molecule has 0 unspecified atom stereocenters. The zero-order valence-corrected chi connectivity index (χ0v) is 23.8. The molecule has 4 rings (SSSR count). The lowest BCUT2D eigenvalue weighted by molar-refractivity contribution is -0.137. The molecule has 0 aliphatic heterocycles. The molecular weight excluding hydrogens is 516 g/mol. The molecule has 0 heterocycles. The number of rotatable bonds is 12. The van der Waals surface area contributed by atoms with Crippen LogP contribution in [0.3, 0.4) is 0 Å². The van der Waals surface area contributed by atoms with Crippen molar-refractivity contribution in [1.82, 2.24) is 0 Å². The van der Waals surface area contributed by atoms with Crippen LogP contribution >= 0.6 is 0 Å². The Morgan fingerprint density at radius 3 is 2.50 bits per heavy atom. The number of alkyl halides is 3. The van der Waals surface area contributed by atoms with Crippen molar-refractivity contribution in [2.75, 3.05) is 6.61 Å². The third-order valence-corrected chi connectivity index (χ3v) is 8.22.